The first-order chi connectivity index (χ1) is 18.4. The summed E-state index contributed by atoms with van der Waals surface area (Å²) < 4.78 is 4.27. The van der Waals surface area contributed by atoms with Crippen LogP contribution in [-0.4, -0.2) is 22.4 Å². The number of nitrogens with one attached hydrogen (secondary N) is 1. The van der Waals surface area contributed by atoms with Crippen molar-refractivity contribution in [1.29, 1.82) is 5.26 Å². The molecule has 198 valence electrons. The molecule has 2 heterocycles. The summed E-state index contributed by atoms with van der Waals surface area (Å²) in [7, 11) is 4.14. The molecule has 9 rings (SSSR count). The van der Waals surface area contributed by atoms with Crippen LogP contribution in [0.25, 0.3) is 11.4 Å². The van der Waals surface area contributed by atoms with E-state index in [4.69, 9.17) is 9.98 Å². The van der Waals surface area contributed by atoms with Crippen LogP contribution in [0.5, 0.6) is 0 Å². The summed E-state index contributed by atoms with van der Waals surface area (Å²) in [5.41, 5.74) is 4.22. The minimum Gasteiger partial charge on any atom is -0.328 e. The number of aromatic nitrogens is 2. The molecule has 38 heavy (non-hydrogen) atoms. The lowest BCUT2D eigenvalue weighted by Crippen LogP contribution is -2.53. The zero-order valence-corrected chi connectivity index (χ0v) is 23.3. The van der Waals surface area contributed by atoms with Crippen molar-refractivity contribution in [3.05, 3.63) is 41.2 Å². The highest BCUT2D eigenvalue weighted by molar-refractivity contribution is 6.12. The summed E-state index contributed by atoms with van der Waals surface area (Å²) in [5, 5.41) is 14.0. The van der Waals surface area contributed by atoms with Crippen LogP contribution in [0.15, 0.2) is 34.5 Å². The lowest BCUT2D eigenvalue weighted by atomic mass is 9.58. The topological polar surface area (TPSA) is 69.3 Å². The fourth-order valence-corrected chi connectivity index (χ4v) is 8.58. The van der Waals surface area contributed by atoms with Crippen LogP contribution in [-0.2, 0) is 14.1 Å². The van der Waals surface area contributed by atoms with Crippen molar-refractivity contribution in [2.45, 2.75) is 90.1 Å². The zero-order chi connectivity index (χ0) is 26.1. The van der Waals surface area contributed by atoms with E-state index in [9.17, 15) is 5.26 Å². The average molecular weight is 510 g/mol. The van der Waals surface area contributed by atoms with E-state index in [2.05, 4.69) is 66.1 Å². The number of amidine groups is 2. The smallest absolute Gasteiger partial charge is 0.288 e. The molecule has 4 bridgehead atoms. The minimum absolute atomic E-state index is 0.00883. The summed E-state index contributed by atoms with van der Waals surface area (Å²) in [6.45, 7) is 2.06. The largest absolute Gasteiger partial charge is 0.328 e. The van der Waals surface area contributed by atoms with Crippen molar-refractivity contribution in [2.75, 3.05) is 0 Å². The molecule has 0 radical (unpaired) electrons. The molecule has 1 aromatic carbocycles. The van der Waals surface area contributed by atoms with E-state index in [-0.39, 0.29) is 17.0 Å². The van der Waals surface area contributed by atoms with Gasteiger partial charge in [0.1, 0.15) is 30.2 Å². The molecule has 1 unspecified atom stereocenters. The number of nitrogens with zero attached hydrogens (tertiary/aromatic N) is 5. The summed E-state index contributed by atoms with van der Waals surface area (Å²) in [6, 6.07) is 6.79. The maximum Gasteiger partial charge on any atom is 0.288 e. The number of rotatable bonds is 4. The van der Waals surface area contributed by atoms with Gasteiger partial charge in [-0.25, -0.2) is 19.1 Å². The molecule has 6 aliphatic carbocycles. The number of benzene rings is 1. The van der Waals surface area contributed by atoms with Crippen molar-refractivity contribution >= 4 is 11.7 Å². The first-order valence-corrected chi connectivity index (χ1v) is 14.9. The lowest BCUT2D eigenvalue weighted by molar-refractivity contribution is -0.659. The van der Waals surface area contributed by atoms with Crippen LogP contribution in [0.1, 0.15) is 93.7 Å². The Hall–Kier alpha value is -2.94. The Morgan fingerprint density at radius 1 is 0.974 bits per heavy atom. The molecular formula is C32H41N6+. The van der Waals surface area contributed by atoms with Gasteiger partial charge in [-0.1, -0.05) is 0 Å². The normalized spacial score (nSPS) is 33.9. The third-order valence-electron chi connectivity index (χ3n) is 11.3. The van der Waals surface area contributed by atoms with Crippen molar-refractivity contribution < 1.29 is 4.57 Å². The second kappa shape index (κ2) is 8.79. The van der Waals surface area contributed by atoms with Gasteiger partial charge < -0.3 is 5.32 Å². The monoisotopic (exact) mass is 509 g/mol. The molecule has 0 saturated heterocycles. The number of aliphatic imine (C=N–C) groups is 2. The maximum atomic E-state index is 10.1. The van der Waals surface area contributed by atoms with E-state index < -0.39 is 0 Å². The average Bonchev–Trinajstić information content (AvgIpc) is 3.32. The minimum atomic E-state index is -0.00883. The molecule has 0 spiro atoms. The van der Waals surface area contributed by atoms with Crippen molar-refractivity contribution in [3.63, 3.8) is 0 Å². The Kier molecular flexibility index (Phi) is 5.58. The number of aryl methyl sites for hydroxylation is 2. The summed E-state index contributed by atoms with van der Waals surface area (Å²) in [6.07, 6.45) is 19.7. The molecule has 6 heteroatoms. The SMILES string of the molecule is Cc1c(C#N)cc(C2=NC(C34CCC(CC3)CC4)N=C(C34CCC(CC3)CC4)N2)cc1-c1n(C)cc[n+]1C. The van der Waals surface area contributed by atoms with Gasteiger partial charge in [0, 0.05) is 16.4 Å². The molecule has 6 fully saturated rings. The Labute approximate surface area is 226 Å². The summed E-state index contributed by atoms with van der Waals surface area (Å²) >= 11 is 0. The van der Waals surface area contributed by atoms with Gasteiger partial charge >= 0.3 is 0 Å². The van der Waals surface area contributed by atoms with Gasteiger partial charge in [0.15, 0.2) is 0 Å². The quantitative estimate of drug-likeness (QED) is 0.536. The predicted octanol–water partition coefficient (Wildman–Crippen LogP) is 5.71. The molecule has 1 aromatic heterocycles. The Balaban J connectivity index is 1.35. The highest BCUT2D eigenvalue weighted by atomic mass is 15.2. The van der Waals surface area contributed by atoms with Crippen LogP contribution in [0.2, 0.25) is 0 Å². The molecule has 6 nitrogen and oxygen atoms in total. The number of nitriles is 1. The van der Waals surface area contributed by atoms with Crippen molar-refractivity contribution in [1.82, 2.24) is 9.88 Å². The van der Waals surface area contributed by atoms with E-state index >= 15 is 0 Å². The predicted molar refractivity (Wildman–Crippen MR) is 150 cm³/mol. The summed E-state index contributed by atoms with van der Waals surface area (Å²) in [4.78, 5) is 11.0. The van der Waals surface area contributed by atoms with Crippen molar-refractivity contribution in [2.24, 2.45) is 46.7 Å². The standard InChI is InChI=1S/C32H41N6/c1-21-25(20-33)18-24(19-26(21)28-37(2)16-17-38(28)3)27-34-29(31-10-4-22(5-11-31)6-12-31)36-30(35-27)32-13-7-23(8-14-32)9-15-32/h16-19,22-23,29H,4-15H2,1-3H3,(H,34,35,36)/q+1. The van der Waals surface area contributed by atoms with E-state index in [1.54, 1.807) is 0 Å². The van der Waals surface area contributed by atoms with E-state index in [1.807, 2.05) is 0 Å². The van der Waals surface area contributed by atoms with Gasteiger partial charge in [0.05, 0.1) is 31.3 Å². The maximum absolute atomic E-state index is 10.1. The Morgan fingerprint density at radius 2 is 1.61 bits per heavy atom. The number of imidazole rings is 1. The Bertz CT molecular complexity index is 1320. The molecule has 1 atom stereocenters. The first kappa shape index (κ1) is 24.1. The third kappa shape index (κ3) is 3.68. The van der Waals surface area contributed by atoms with Crippen molar-refractivity contribution in [3.8, 4) is 17.5 Å². The van der Waals surface area contributed by atoms with Crippen LogP contribution in [0.4, 0.5) is 0 Å². The van der Waals surface area contributed by atoms with E-state index in [0.29, 0.717) is 0 Å². The fraction of sp³-hybridized carbons (Fsp3) is 0.625. The number of fused-ring (bicyclic) bond motifs is 6. The summed E-state index contributed by atoms with van der Waals surface area (Å²) in [5.74, 6) is 5.07. The molecule has 1 aliphatic heterocycles. The highest BCUT2D eigenvalue weighted by Gasteiger charge is 2.50. The molecule has 6 saturated carbocycles. The van der Waals surface area contributed by atoms with E-state index in [1.165, 1.54) is 82.9 Å². The molecule has 2 aromatic rings. The van der Waals surface area contributed by atoms with Crippen LogP contribution < -0.4 is 9.88 Å². The number of hydrogen-bond donors (Lipinski definition) is 1. The third-order valence-corrected chi connectivity index (χ3v) is 11.3. The molecule has 0 amide bonds. The van der Waals surface area contributed by atoms with Gasteiger partial charge in [-0.15, -0.1) is 0 Å². The number of hydrogen-bond acceptors (Lipinski definition) is 4. The zero-order valence-electron chi connectivity index (χ0n) is 23.3. The highest BCUT2D eigenvalue weighted by Crippen LogP contribution is 2.55. The first-order valence-electron chi connectivity index (χ1n) is 14.9. The van der Waals surface area contributed by atoms with Gasteiger partial charge in [-0.2, -0.15) is 5.26 Å². The van der Waals surface area contributed by atoms with Gasteiger partial charge in [0.2, 0.25) is 0 Å². The fourth-order valence-electron chi connectivity index (χ4n) is 8.58. The van der Waals surface area contributed by atoms with Crippen LogP contribution >= 0.6 is 0 Å². The van der Waals surface area contributed by atoms with E-state index in [0.717, 1.165) is 45.7 Å². The molecule has 1 N–H and O–H groups in total. The molecule has 7 aliphatic rings. The lowest BCUT2D eigenvalue weighted by Gasteiger charge is -2.51. The Morgan fingerprint density at radius 3 is 2.18 bits per heavy atom. The van der Waals surface area contributed by atoms with Crippen LogP contribution in [0.3, 0.4) is 0 Å². The van der Waals surface area contributed by atoms with Gasteiger partial charge in [0.25, 0.3) is 5.82 Å². The molecular weight excluding hydrogens is 468 g/mol. The second-order valence-electron chi connectivity index (χ2n) is 13.2. The van der Waals surface area contributed by atoms with Crippen LogP contribution in [0, 0.1) is 40.9 Å². The second-order valence-corrected chi connectivity index (χ2v) is 13.2. The van der Waals surface area contributed by atoms with Gasteiger partial charge in [-0.3, -0.25) is 0 Å². The van der Waals surface area contributed by atoms with Gasteiger partial charge in [-0.05, 0) is 114 Å².